The zero-order chi connectivity index (χ0) is 14.4. The van der Waals surface area contributed by atoms with Gasteiger partial charge in [0.2, 0.25) is 5.91 Å². The summed E-state index contributed by atoms with van der Waals surface area (Å²) in [6.07, 6.45) is 0.828. The molecule has 4 N–H and O–H groups in total. The van der Waals surface area contributed by atoms with Gasteiger partial charge in [-0.2, -0.15) is 0 Å². The maximum atomic E-state index is 11.9. The van der Waals surface area contributed by atoms with Gasteiger partial charge >= 0.3 is 0 Å². The van der Waals surface area contributed by atoms with Crippen molar-refractivity contribution in [2.24, 2.45) is 0 Å². The molecule has 0 aliphatic carbocycles. The Kier molecular flexibility index (Phi) is 5.57. The number of nitrogen functional groups attached to an aromatic ring is 1. The standard InChI is InChI=1S/C12H17ClN4O2/c1-3-6-15-11(18)7(2)16-12(19)10-8(13)4-5-9(14)17-10/h4-5,7H,3,6H2,1-2H3,(H2,14,17)(H,15,18)(H,16,19). The van der Waals surface area contributed by atoms with Crippen molar-refractivity contribution in [1.82, 2.24) is 15.6 Å². The van der Waals surface area contributed by atoms with Crippen molar-refractivity contribution >= 4 is 29.2 Å². The first-order valence-electron chi connectivity index (χ1n) is 5.96. The molecule has 0 bridgehead atoms. The highest BCUT2D eigenvalue weighted by Crippen LogP contribution is 2.15. The van der Waals surface area contributed by atoms with E-state index in [-0.39, 0.29) is 22.4 Å². The van der Waals surface area contributed by atoms with E-state index in [1.54, 1.807) is 6.92 Å². The molecule has 1 heterocycles. The maximum Gasteiger partial charge on any atom is 0.272 e. The summed E-state index contributed by atoms with van der Waals surface area (Å²) in [6.45, 7) is 4.10. The average molecular weight is 285 g/mol. The maximum absolute atomic E-state index is 11.9. The minimum absolute atomic E-state index is 0.0109. The fourth-order valence-corrected chi connectivity index (χ4v) is 1.54. The van der Waals surface area contributed by atoms with Crippen molar-refractivity contribution in [3.8, 4) is 0 Å². The van der Waals surface area contributed by atoms with E-state index in [0.29, 0.717) is 6.54 Å². The van der Waals surface area contributed by atoms with Crippen LogP contribution in [0.1, 0.15) is 30.8 Å². The van der Waals surface area contributed by atoms with Gasteiger partial charge in [-0.25, -0.2) is 4.98 Å². The number of rotatable bonds is 5. The molecule has 0 radical (unpaired) electrons. The number of nitrogens with zero attached hydrogens (tertiary/aromatic N) is 1. The zero-order valence-electron chi connectivity index (χ0n) is 10.9. The second kappa shape index (κ2) is 6.94. The average Bonchev–Trinajstić information content (AvgIpc) is 2.38. The normalized spacial score (nSPS) is 11.7. The topological polar surface area (TPSA) is 97.1 Å². The lowest BCUT2D eigenvalue weighted by Gasteiger charge is -2.14. The first-order valence-corrected chi connectivity index (χ1v) is 6.34. The molecular formula is C12H17ClN4O2. The van der Waals surface area contributed by atoms with Crippen LogP contribution < -0.4 is 16.4 Å². The molecule has 7 heteroatoms. The number of hydrogen-bond acceptors (Lipinski definition) is 4. The molecule has 1 aromatic rings. The van der Waals surface area contributed by atoms with Crippen molar-refractivity contribution in [3.63, 3.8) is 0 Å². The Morgan fingerprint density at radius 3 is 2.79 bits per heavy atom. The molecule has 104 valence electrons. The summed E-state index contributed by atoms with van der Waals surface area (Å²) in [5.74, 6) is -0.593. The Hall–Kier alpha value is -1.82. The molecule has 2 amide bonds. The molecule has 0 spiro atoms. The van der Waals surface area contributed by atoms with Gasteiger partial charge in [0.15, 0.2) is 0 Å². The summed E-state index contributed by atoms with van der Waals surface area (Å²) in [5.41, 5.74) is 5.50. The van der Waals surface area contributed by atoms with E-state index in [1.807, 2.05) is 6.92 Å². The molecule has 1 aromatic heterocycles. The summed E-state index contributed by atoms with van der Waals surface area (Å²) >= 11 is 5.86. The lowest BCUT2D eigenvalue weighted by atomic mass is 10.2. The van der Waals surface area contributed by atoms with Crippen LogP contribution in [0, 0.1) is 0 Å². The number of pyridine rings is 1. The highest BCUT2D eigenvalue weighted by atomic mass is 35.5. The molecule has 0 aliphatic rings. The smallest absolute Gasteiger partial charge is 0.272 e. The zero-order valence-corrected chi connectivity index (χ0v) is 11.6. The Morgan fingerprint density at radius 2 is 2.16 bits per heavy atom. The summed E-state index contributed by atoms with van der Waals surface area (Å²) in [6, 6.07) is 2.32. The van der Waals surface area contributed by atoms with Crippen molar-refractivity contribution < 1.29 is 9.59 Å². The van der Waals surface area contributed by atoms with Gasteiger partial charge in [0.1, 0.15) is 17.6 Å². The highest BCUT2D eigenvalue weighted by Gasteiger charge is 2.19. The van der Waals surface area contributed by atoms with Gasteiger partial charge in [-0.1, -0.05) is 18.5 Å². The molecule has 0 fully saturated rings. The van der Waals surface area contributed by atoms with Gasteiger partial charge in [0.25, 0.3) is 5.91 Å². The van der Waals surface area contributed by atoms with Crippen LogP contribution in [-0.2, 0) is 4.79 Å². The fourth-order valence-electron chi connectivity index (χ4n) is 1.35. The number of carbonyl (C=O) groups is 2. The Morgan fingerprint density at radius 1 is 1.47 bits per heavy atom. The van der Waals surface area contributed by atoms with Crippen LogP contribution in [0.15, 0.2) is 12.1 Å². The number of halogens is 1. The number of hydrogen-bond donors (Lipinski definition) is 3. The van der Waals surface area contributed by atoms with Gasteiger partial charge in [0, 0.05) is 6.54 Å². The van der Waals surface area contributed by atoms with Crippen LogP contribution in [-0.4, -0.2) is 29.4 Å². The fraction of sp³-hybridized carbons (Fsp3) is 0.417. The molecule has 1 unspecified atom stereocenters. The molecule has 6 nitrogen and oxygen atoms in total. The van der Waals surface area contributed by atoms with Crippen LogP contribution in [0.4, 0.5) is 5.82 Å². The van der Waals surface area contributed by atoms with Gasteiger partial charge in [0.05, 0.1) is 5.02 Å². The van der Waals surface area contributed by atoms with Crippen molar-refractivity contribution in [3.05, 3.63) is 22.8 Å². The van der Waals surface area contributed by atoms with Gasteiger partial charge in [-0.15, -0.1) is 0 Å². The Bertz CT molecular complexity index is 479. The predicted molar refractivity (Wildman–Crippen MR) is 73.9 cm³/mol. The SMILES string of the molecule is CCCNC(=O)C(C)NC(=O)c1nc(N)ccc1Cl. The largest absolute Gasteiger partial charge is 0.384 e. The molecule has 0 saturated carbocycles. The third-order valence-corrected chi connectivity index (χ3v) is 2.68. The second-order valence-electron chi connectivity index (χ2n) is 4.05. The predicted octanol–water partition coefficient (Wildman–Crippen LogP) is 0.962. The molecule has 19 heavy (non-hydrogen) atoms. The van der Waals surface area contributed by atoms with Crippen LogP contribution in [0.2, 0.25) is 5.02 Å². The molecule has 0 saturated heterocycles. The van der Waals surface area contributed by atoms with Gasteiger partial charge in [-0.05, 0) is 25.5 Å². The number of nitrogens with two attached hydrogens (primary N) is 1. The molecular weight excluding hydrogens is 268 g/mol. The van der Waals surface area contributed by atoms with Crippen molar-refractivity contribution in [2.75, 3.05) is 12.3 Å². The Balaban J connectivity index is 2.68. The van der Waals surface area contributed by atoms with Gasteiger partial charge < -0.3 is 16.4 Å². The summed E-state index contributed by atoms with van der Waals surface area (Å²) in [7, 11) is 0. The minimum Gasteiger partial charge on any atom is -0.384 e. The molecule has 0 aromatic carbocycles. The number of nitrogens with one attached hydrogen (secondary N) is 2. The van der Waals surface area contributed by atoms with E-state index < -0.39 is 11.9 Å². The minimum atomic E-state index is -0.668. The van der Waals surface area contributed by atoms with E-state index >= 15 is 0 Å². The first-order chi connectivity index (χ1) is 8.95. The van der Waals surface area contributed by atoms with Crippen molar-refractivity contribution in [1.29, 1.82) is 0 Å². The quantitative estimate of drug-likeness (QED) is 0.750. The third kappa shape index (κ3) is 4.40. The third-order valence-electron chi connectivity index (χ3n) is 2.37. The van der Waals surface area contributed by atoms with E-state index in [0.717, 1.165) is 6.42 Å². The molecule has 0 aliphatic heterocycles. The monoisotopic (exact) mass is 284 g/mol. The van der Waals surface area contributed by atoms with Crippen molar-refractivity contribution in [2.45, 2.75) is 26.3 Å². The highest BCUT2D eigenvalue weighted by molar-refractivity contribution is 6.33. The van der Waals surface area contributed by atoms with Crippen LogP contribution >= 0.6 is 11.6 Å². The Labute approximate surface area is 116 Å². The first kappa shape index (κ1) is 15.2. The van der Waals surface area contributed by atoms with E-state index in [4.69, 9.17) is 17.3 Å². The number of anilines is 1. The summed E-state index contributed by atoms with van der Waals surface area (Å²) in [4.78, 5) is 27.4. The summed E-state index contributed by atoms with van der Waals surface area (Å²) < 4.78 is 0. The van der Waals surface area contributed by atoms with E-state index in [1.165, 1.54) is 12.1 Å². The lowest BCUT2D eigenvalue weighted by molar-refractivity contribution is -0.122. The van der Waals surface area contributed by atoms with Crippen LogP contribution in [0.3, 0.4) is 0 Å². The summed E-state index contributed by atoms with van der Waals surface area (Å²) in [5, 5.41) is 5.39. The number of carbonyl (C=O) groups excluding carboxylic acids is 2. The molecule has 1 rings (SSSR count). The number of aromatic nitrogens is 1. The lowest BCUT2D eigenvalue weighted by Crippen LogP contribution is -2.45. The van der Waals surface area contributed by atoms with Crippen LogP contribution in [0.5, 0.6) is 0 Å². The number of amides is 2. The van der Waals surface area contributed by atoms with E-state index in [9.17, 15) is 9.59 Å². The van der Waals surface area contributed by atoms with E-state index in [2.05, 4.69) is 15.6 Å². The van der Waals surface area contributed by atoms with Crippen LogP contribution in [0.25, 0.3) is 0 Å². The van der Waals surface area contributed by atoms with Gasteiger partial charge in [-0.3, -0.25) is 9.59 Å². The molecule has 1 atom stereocenters. The second-order valence-corrected chi connectivity index (χ2v) is 4.46.